The van der Waals surface area contributed by atoms with Gasteiger partial charge in [0.15, 0.2) is 6.10 Å². The van der Waals surface area contributed by atoms with Crippen LogP contribution in [0.2, 0.25) is 0 Å². The number of anilines is 1. The standard InChI is InChI=1S/C28H36F3N3O7/c29-28(30,31)23(41-15-14-40-13-3-1-2-12-35)16-18-8-10-33(11-9-18)19-4-5-20-21(17-19)27(39)34(26(20)38)22-6-7-24(36)32-25(22)37/h4-5,17-18,22-23,35H,1-3,6-16H2,(H,32,36,37). The van der Waals surface area contributed by atoms with E-state index in [2.05, 4.69) is 5.32 Å². The average molecular weight is 584 g/mol. The number of piperidine rings is 2. The number of rotatable bonds is 13. The molecule has 1 aromatic rings. The number of nitrogens with zero attached hydrogens (tertiary/aromatic N) is 2. The molecule has 0 aromatic heterocycles. The van der Waals surface area contributed by atoms with Gasteiger partial charge in [-0.3, -0.25) is 29.4 Å². The lowest BCUT2D eigenvalue weighted by molar-refractivity contribution is -0.228. The van der Waals surface area contributed by atoms with Crippen molar-refractivity contribution < 1.29 is 46.9 Å². The first-order valence-electron chi connectivity index (χ1n) is 14.1. The van der Waals surface area contributed by atoms with E-state index in [0.29, 0.717) is 44.6 Å². The van der Waals surface area contributed by atoms with Crippen LogP contribution in [0.3, 0.4) is 0 Å². The highest BCUT2D eigenvalue weighted by atomic mass is 19.4. The largest absolute Gasteiger partial charge is 0.414 e. The minimum absolute atomic E-state index is 0.0319. The molecule has 0 aliphatic carbocycles. The lowest BCUT2D eigenvalue weighted by atomic mass is 9.90. The molecule has 0 spiro atoms. The van der Waals surface area contributed by atoms with Gasteiger partial charge in [-0.15, -0.1) is 0 Å². The van der Waals surface area contributed by atoms with Gasteiger partial charge in [0.05, 0.1) is 24.3 Å². The van der Waals surface area contributed by atoms with Gasteiger partial charge in [0.25, 0.3) is 11.8 Å². The zero-order valence-corrected chi connectivity index (χ0v) is 22.8. The quantitative estimate of drug-likeness (QED) is 0.268. The Bertz CT molecular complexity index is 1120. The number of alkyl halides is 3. The van der Waals surface area contributed by atoms with Crippen molar-refractivity contribution in [1.82, 2.24) is 10.2 Å². The fourth-order valence-corrected chi connectivity index (χ4v) is 5.53. The van der Waals surface area contributed by atoms with E-state index in [0.717, 1.165) is 17.7 Å². The highest BCUT2D eigenvalue weighted by molar-refractivity contribution is 6.23. The SMILES string of the molecule is O=C1CCC(N2C(=O)c3ccc(N4CCC(CC(OCCOCCCCCO)C(F)(F)F)CC4)cc3C2=O)C(=O)N1. The maximum atomic E-state index is 13.6. The third-order valence-corrected chi connectivity index (χ3v) is 7.81. The van der Waals surface area contributed by atoms with Gasteiger partial charge in [0.1, 0.15) is 6.04 Å². The first kappa shape index (κ1) is 30.9. The minimum Gasteiger partial charge on any atom is -0.396 e. The molecule has 0 bridgehead atoms. The van der Waals surface area contributed by atoms with Gasteiger partial charge in [0.2, 0.25) is 11.8 Å². The molecular weight excluding hydrogens is 547 g/mol. The van der Waals surface area contributed by atoms with Crippen molar-refractivity contribution in [1.29, 1.82) is 0 Å². The van der Waals surface area contributed by atoms with Crippen LogP contribution in [0.25, 0.3) is 0 Å². The molecule has 0 radical (unpaired) electrons. The van der Waals surface area contributed by atoms with E-state index in [4.69, 9.17) is 14.6 Å². The normalized spacial score (nSPS) is 20.9. The number of hydrogen-bond acceptors (Lipinski definition) is 8. The van der Waals surface area contributed by atoms with Crippen molar-refractivity contribution in [2.75, 3.05) is 44.4 Å². The summed E-state index contributed by atoms with van der Waals surface area (Å²) in [5.74, 6) is -2.51. The average Bonchev–Trinajstić information content (AvgIpc) is 3.18. The summed E-state index contributed by atoms with van der Waals surface area (Å²) < 4.78 is 51.4. The summed E-state index contributed by atoms with van der Waals surface area (Å²) in [6.45, 7) is 1.39. The molecule has 2 saturated heterocycles. The van der Waals surface area contributed by atoms with E-state index < -0.39 is 42.0 Å². The predicted molar refractivity (Wildman–Crippen MR) is 140 cm³/mol. The van der Waals surface area contributed by atoms with E-state index in [1.54, 1.807) is 12.1 Å². The molecule has 3 heterocycles. The summed E-state index contributed by atoms with van der Waals surface area (Å²) in [7, 11) is 0. The van der Waals surface area contributed by atoms with Crippen LogP contribution in [0.4, 0.5) is 18.9 Å². The maximum absolute atomic E-state index is 13.6. The number of aliphatic hydroxyl groups excluding tert-OH is 1. The monoisotopic (exact) mass is 583 g/mol. The van der Waals surface area contributed by atoms with Crippen LogP contribution in [-0.4, -0.2) is 91.5 Å². The predicted octanol–water partition coefficient (Wildman–Crippen LogP) is 2.82. The number of imide groups is 2. The van der Waals surface area contributed by atoms with Crippen molar-refractivity contribution in [3.05, 3.63) is 29.3 Å². The number of halogens is 3. The lowest BCUT2D eigenvalue weighted by Crippen LogP contribution is -2.54. The number of ether oxygens (including phenoxy) is 2. The summed E-state index contributed by atoms with van der Waals surface area (Å²) in [5.41, 5.74) is 1.02. The molecule has 2 atom stereocenters. The Morgan fingerprint density at radius 2 is 1.68 bits per heavy atom. The van der Waals surface area contributed by atoms with Crippen molar-refractivity contribution >= 4 is 29.3 Å². The van der Waals surface area contributed by atoms with Crippen LogP contribution in [0, 0.1) is 5.92 Å². The van der Waals surface area contributed by atoms with E-state index in [-0.39, 0.29) is 56.1 Å². The second-order valence-electron chi connectivity index (χ2n) is 10.6. The van der Waals surface area contributed by atoms with E-state index >= 15 is 0 Å². The first-order chi connectivity index (χ1) is 19.6. The second kappa shape index (κ2) is 13.8. The van der Waals surface area contributed by atoms with Crippen LogP contribution in [0.15, 0.2) is 18.2 Å². The Morgan fingerprint density at radius 3 is 2.37 bits per heavy atom. The van der Waals surface area contributed by atoms with Gasteiger partial charge in [-0.1, -0.05) is 0 Å². The van der Waals surface area contributed by atoms with E-state index in [9.17, 15) is 32.3 Å². The van der Waals surface area contributed by atoms with Gasteiger partial charge in [-0.05, 0) is 69.1 Å². The Hall–Kier alpha value is -3.03. The third kappa shape index (κ3) is 7.63. The zero-order chi connectivity index (χ0) is 29.6. The number of unbranched alkanes of at least 4 members (excludes halogenated alkanes) is 2. The molecule has 4 rings (SSSR count). The number of benzene rings is 1. The number of carbonyl (C=O) groups excluding carboxylic acids is 4. The topological polar surface area (TPSA) is 125 Å². The Balaban J connectivity index is 1.28. The Kier molecular flexibility index (Phi) is 10.4. The summed E-state index contributed by atoms with van der Waals surface area (Å²) in [6.07, 6.45) is -3.21. The van der Waals surface area contributed by atoms with Crippen LogP contribution in [0.5, 0.6) is 0 Å². The summed E-state index contributed by atoms with van der Waals surface area (Å²) in [5, 5.41) is 10.9. The van der Waals surface area contributed by atoms with Gasteiger partial charge in [-0.25, -0.2) is 0 Å². The van der Waals surface area contributed by atoms with Crippen molar-refractivity contribution in [2.24, 2.45) is 5.92 Å². The van der Waals surface area contributed by atoms with Crippen LogP contribution in [-0.2, 0) is 19.1 Å². The number of carbonyl (C=O) groups is 4. The fraction of sp³-hybridized carbons (Fsp3) is 0.643. The van der Waals surface area contributed by atoms with Crippen LogP contribution < -0.4 is 10.2 Å². The number of hydrogen-bond donors (Lipinski definition) is 2. The second-order valence-corrected chi connectivity index (χ2v) is 10.6. The molecule has 2 fully saturated rings. The molecule has 2 unspecified atom stereocenters. The molecule has 0 saturated carbocycles. The molecule has 2 N–H and O–H groups in total. The van der Waals surface area contributed by atoms with Gasteiger partial charge >= 0.3 is 6.18 Å². The Morgan fingerprint density at radius 1 is 0.951 bits per heavy atom. The van der Waals surface area contributed by atoms with Crippen molar-refractivity contribution in [3.8, 4) is 0 Å². The highest BCUT2D eigenvalue weighted by Crippen LogP contribution is 2.35. The fourth-order valence-electron chi connectivity index (χ4n) is 5.53. The molecule has 13 heteroatoms. The highest BCUT2D eigenvalue weighted by Gasteiger charge is 2.45. The number of amides is 4. The molecule has 41 heavy (non-hydrogen) atoms. The van der Waals surface area contributed by atoms with E-state index in [1.807, 2.05) is 4.90 Å². The van der Waals surface area contributed by atoms with Crippen molar-refractivity contribution in [2.45, 2.75) is 69.7 Å². The van der Waals surface area contributed by atoms with Crippen molar-refractivity contribution in [3.63, 3.8) is 0 Å². The molecule has 1 aromatic carbocycles. The van der Waals surface area contributed by atoms with Crippen LogP contribution in [0.1, 0.15) is 72.1 Å². The third-order valence-electron chi connectivity index (χ3n) is 7.81. The zero-order valence-electron chi connectivity index (χ0n) is 22.8. The molecule has 226 valence electrons. The van der Waals surface area contributed by atoms with Gasteiger partial charge in [0, 0.05) is 38.4 Å². The molecule has 10 nitrogen and oxygen atoms in total. The van der Waals surface area contributed by atoms with Crippen LogP contribution >= 0.6 is 0 Å². The smallest absolute Gasteiger partial charge is 0.396 e. The minimum atomic E-state index is -4.49. The number of fused-ring (bicyclic) bond motifs is 1. The molecular formula is C28H36F3N3O7. The summed E-state index contributed by atoms with van der Waals surface area (Å²) >= 11 is 0. The summed E-state index contributed by atoms with van der Waals surface area (Å²) in [4.78, 5) is 52.6. The summed E-state index contributed by atoms with van der Waals surface area (Å²) in [6, 6.07) is 3.77. The van der Waals surface area contributed by atoms with Gasteiger partial charge < -0.3 is 19.5 Å². The molecule has 4 amide bonds. The van der Waals surface area contributed by atoms with E-state index in [1.165, 1.54) is 6.07 Å². The maximum Gasteiger partial charge on any atom is 0.414 e. The lowest BCUT2D eigenvalue weighted by Gasteiger charge is -2.35. The molecule has 3 aliphatic heterocycles. The first-order valence-corrected chi connectivity index (χ1v) is 14.1. The Labute approximate surface area is 236 Å². The van der Waals surface area contributed by atoms with Gasteiger partial charge in [-0.2, -0.15) is 13.2 Å². The number of nitrogens with one attached hydrogen (secondary N) is 1. The molecule has 3 aliphatic rings. The number of aliphatic hydroxyl groups is 1.